The maximum absolute atomic E-state index is 11.7. The number of hydrogen-bond acceptors (Lipinski definition) is 3. The van der Waals surface area contributed by atoms with Crippen molar-refractivity contribution in [3.8, 4) is 0 Å². The van der Waals surface area contributed by atoms with Crippen molar-refractivity contribution in [1.29, 1.82) is 0 Å². The molecule has 108 valence electrons. The Labute approximate surface area is 116 Å². The zero-order valence-electron chi connectivity index (χ0n) is 11.4. The van der Waals surface area contributed by atoms with Gasteiger partial charge in [-0.15, -0.1) is 0 Å². The molecule has 0 aliphatic rings. The summed E-state index contributed by atoms with van der Waals surface area (Å²) in [6.45, 7) is 3.36. The van der Waals surface area contributed by atoms with Crippen LogP contribution in [0.1, 0.15) is 52.5 Å². The van der Waals surface area contributed by atoms with E-state index in [-0.39, 0.29) is 28.3 Å². The Morgan fingerprint density at radius 1 is 1.15 bits per heavy atom. The van der Waals surface area contributed by atoms with Gasteiger partial charge in [-0.25, -0.2) is 9.59 Å². The van der Waals surface area contributed by atoms with Gasteiger partial charge in [0, 0.05) is 6.42 Å². The quantitative estimate of drug-likeness (QED) is 0.742. The molecule has 0 aliphatic carbocycles. The van der Waals surface area contributed by atoms with E-state index in [0.717, 1.165) is 6.42 Å². The van der Waals surface area contributed by atoms with Crippen LogP contribution in [0.25, 0.3) is 0 Å². The summed E-state index contributed by atoms with van der Waals surface area (Å²) in [5.41, 5.74) is -0.0249. The minimum absolute atomic E-state index is 0.0889. The highest BCUT2D eigenvalue weighted by Crippen LogP contribution is 2.23. The fraction of sp³-hybridized carbons (Fsp3) is 0.357. The molecule has 20 heavy (non-hydrogen) atoms. The first-order valence-electron chi connectivity index (χ1n) is 6.28. The molecule has 0 atom stereocenters. The highest BCUT2D eigenvalue weighted by Gasteiger charge is 2.20. The third-order valence-corrected chi connectivity index (χ3v) is 2.94. The zero-order chi connectivity index (χ0) is 15.3. The molecule has 1 amide bonds. The summed E-state index contributed by atoms with van der Waals surface area (Å²) < 4.78 is 0. The lowest BCUT2D eigenvalue weighted by atomic mass is 10.00. The van der Waals surface area contributed by atoms with Gasteiger partial charge in [0.25, 0.3) is 0 Å². The lowest BCUT2D eigenvalue weighted by Crippen LogP contribution is -2.16. The van der Waals surface area contributed by atoms with Gasteiger partial charge in [-0.05, 0) is 31.0 Å². The molecule has 0 aromatic heterocycles. The predicted molar refractivity (Wildman–Crippen MR) is 73.3 cm³/mol. The van der Waals surface area contributed by atoms with Crippen LogP contribution in [-0.2, 0) is 4.79 Å². The lowest BCUT2D eigenvalue weighted by molar-refractivity contribution is -0.116. The molecule has 3 N–H and O–H groups in total. The largest absolute Gasteiger partial charge is 0.478 e. The first kappa shape index (κ1) is 15.7. The van der Waals surface area contributed by atoms with Crippen LogP contribution in [0.15, 0.2) is 12.1 Å². The highest BCUT2D eigenvalue weighted by molar-refractivity contribution is 6.04. The van der Waals surface area contributed by atoms with Crippen molar-refractivity contribution in [3.05, 3.63) is 28.8 Å². The van der Waals surface area contributed by atoms with Crippen LogP contribution in [0.3, 0.4) is 0 Å². The molecule has 1 aromatic carbocycles. The molecule has 0 saturated carbocycles. The Hall–Kier alpha value is -2.37. The van der Waals surface area contributed by atoms with Gasteiger partial charge in [0.2, 0.25) is 5.91 Å². The third-order valence-electron chi connectivity index (χ3n) is 2.94. The Morgan fingerprint density at radius 3 is 2.30 bits per heavy atom. The maximum atomic E-state index is 11.7. The average molecular weight is 279 g/mol. The fourth-order valence-electron chi connectivity index (χ4n) is 1.87. The molecule has 0 unspecified atom stereocenters. The van der Waals surface area contributed by atoms with E-state index in [1.54, 1.807) is 0 Å². The maximum Gasteiger partial charge on any atom is 0.338 e. The Morgan fingerprint density at radius 2 is 1.80 bits per heavy atom. The summed E-state index contributed by atoms with van der Waals surface area (Å²) in [6, 6.07) is 2.60. The van der Waals surface area contributed by atoms with Crippen molar-refractivity contribution < 1.29 is 24.6 Å². The standard InChI is InChI=1S/C14H17NO5/c1-3-4-5-11(16)15-10-7-6-9(13(17)18)8(2)12(10)14(19)20/h6-7H,3-5H2,1-2H3,(H,15,16)(H,17,18)(H,19,20). The second-order valence-electron chi connectivity index (χ2n) is 4.42. The molecule has 0 radical (unpaired) electrons. The van der Waals surface area contributed by atoms with Gasteiger partial charge in [0.1, 0.15) is 0 Å². The summed E-state index contributed by atoms with van der Waals surface area (Å²) in [6.07, 6.45) is 1.87. The van der Waals surface area contributed by atoms with Gasteiger partial charge < -0.3 is 15.5 Å². The van der Waals surface area contributed by atoms with E-state index in [1.807, 2.05) is 6.92 Å². The lowest BCUT2D eigenvalue weighted by Gasteiger charge is -2.12. The number of carbonyl (C=O) groups is 3. The van der Waals surface area contributed by atoms with Gasteiger partial charge in [0.15, 0.2) is 0 Å². The third kappa shape index (κ3) is 3.57. The number of amides is 1. The van der Waals surface area contributed by atoms with E-state index in [0.29, 0.717) is 12.8 Å². The fourth-order valence-corrected chi connectivity index (χ4v) is 1.87. The van der Waals surface area contributed by atoms with Crippen LogP contribution in [0.2, 0.25) is 0 Å². The number of carboxylic acids is 2. The number of rotatable bonds is 6. The normalized spacial score (nSPS) is 10.1. The summed E-state index contributed by atoms with van der Waals surface area (Å²) in [5.74, 6) is -2.75. The molecule has 0 heterocycles. The van der Waals surface area contributed by atoms with E-state index < -0.39 is 11.9 Å². The van der Waals surface area contributed by atoms with Crippen molar-refractivity contribution in [3.63, 3.8) is 0 Å². The molecule has 0 bridgehead atoms. The summed E-state index contributed by atoms with van der Waals surface area (Å²) in [7, 11) is 0. The number of benzene rings is 1. The van der Waals surface area contributed by atoms with Gasteiger partial charge in [0.05, 0.1) is 16.8 Å². The first-order chi connectivity index (χ1) is 9.38. The SMILES string of the molecule is CCCCC(=O)Nc1ccc(C(=O)O)c(C)c1C(=O)O. The monoisotopic (exact) mass is 279 g/mol. The molecular weight excluding hydrogens is 262 g/mol. The summed E-state index contributed by atoms with van der Waals surface area (Å²) >= 11 is 0. The van der Waals surface area contributed by atoms with Gasteiger partial charge in [-0.2, -0.15) is 0 Å². The van der Waals surface area contributed by atoms with Crippen LogP contribution >= 0.6 is 0 Å². The summed E-state index contributed by atoms with van der Waals surface area (Å²) in [4.78, 5) is 33.9. The number of nitrogens with one attached hydrogen (secondary N) is 1. The highest BCUT2D eigenvalue weighted by atomic mass is 16.4. The first-order valence-corrected chi connectivity index (χ1v) is 6.28. The molecule has 1 aromatic rings. The number of unbranched alkanes of at least 4 members (excludes halogenated alkanes) is 1. The van der Waals surface area contributed by atoms with Crippen molar-refractivity contribution in [2.45, 2.75) is 33.1 Å². The molecule has 0 aliphatic heterocycles. The molecule has 0 fully saturated rings. The molecule has 6 nitrogen and oxygen atoms in total. The molecule has 0 saturated heterocycles. The van der Waals surface area contributed by atoms with E-state index in [4.69, 9.17) is 5.11 Å². The minimum Gasteiger partial charge on any atom is -0.478 e. The van der Waals surface area contributed by atoms with Gasteiger partial charge in [-0.1, -0.05) is 13.3 Å². The number of anilines is 1. The van der Waals surface area contributed by atoms with Crippen LogP contribution in [0, 0.1) is 6.92 Å². The van der Waals surface area contributed by atoms with Crippen LogP contribution < -0.4 is 5.32 Å². The van der Waals surface area contributed by atoms with Crippen molar-refractivity contribution >= 4 is 23.5 Å². The molecule has 6 heteroatoms. The molecule has 0 spiro atoms. The smallest absolute Gasteiger partial charge is 0.338 e. The van der Waals surface area contributed by atoms with E-state index >= 15 is 0 Å². The average Bonchev–Trinajstić information content (AvgIpc) is 2.35. The van der Waals surface area contributed by atoms with Crippen LogP contribution in [0.4, 0.5) is 5.69 Å². The molecular formula is C14H17NO5. The second kappa shape index (κ2) is 6.70. The zero-order valence-corrected chi connectivity index (χ0v) is 11.4. The Balaban J connectivity index is 3.14. The topological polar surface area (TPSA) is 104 Å². The Bertz CT molecular complexity index is 551. The predicted octanol–water partition coefficient (Wildman–Crippen LogP) is 2.52. The molecule has 1 rings (SSSR count). The number of carboxylic acid groups (broad SMARTS) is 2. The van der Waals surface area contributed by atoms with Gasteiger partial charge in [-0.3, -0.25) is 4.79 Å². The van der Waals surface area contributed by atoms with Crippen molar-refractivity contribution in [1.82, 2.24) is 0 Å². The van der Waals surface area contributed by atoms with Crippen molar-refractivity contribution in [2.75, 3.05) is 5.32 Å². The number of carbonyl (C=O) groups excluding carboxylic acids is 1. The van der Waals surface area contributed by atoms with Crippen LogP contribution in [-0.4, -0.2) is 28.1 Å². The minimum atomic E-state index is -1.27. The summed E-state index contributed by atoms with van der Waals surface area (Å²) in [5, 5.41) is 20.7. The number of hydrogen-bond donors (Lipinski definition) is 3. The Kier molecular flexibility index (Phi) is 5.25. The van der Waals surface area contributed by atoms with E-state index in [2.05, 4.69) is 5.32 Å². The van der Waals surface area contributed by atoms with E-state index in [9.17, 15) is 19.5 Å². The second-order valence-corrected chi connectivity index (χ2v) is 4.42. The van der Waals surface area contributed by atoms with E-state index in [1.165, 1.54) is 19.1 Å². The number of aromatic carboxylic acids is 2. The van der Waals surface area contributed by atoms with Gasteiger partial charge >= 0.3 is 11.9 Å². The van der Waals surface area contributed by atoms with Crippen molar-refractivity contribution in [2.24, 2.45) is 0 Å². The van der Waals surface area contributed by atoms with Crippen LogP contribution in [0.5, 0.6) is 0 Å².